The van der Waals surface area contributed by atoms with E-state index in [2.05, 4.69) is 40.5 Å². The zero-order chi connectivity index (χ0) is 16.1. The van der Waals surface area contributed by atoms with E-state index in [9.17, 15) is 0 Å². The monoisotopic (exact) mass is 358 g/mol. The molecule has 0 bridgehead atoms. The van der Waals surface area contributed by atoms with Gasteiger partial charge in [0.15, 0.2) is 5.16 Å². The van der Waals surface area contributed by atoms with Gasteiger partial charge in [0.25, 0.3) is 0 Å². The molecule has 0 fully saturated rings. The van der Waals surface area contributed by atoms with Crippen molar-refractivity contribution in [3.05, 3.63) is 74.7 Å². The molecule has 5 heteroatoms. The van der Waals surface area contributed by atoms with Crippen molar-refractivity contribution in [2.75, 3.05) is 0 Å². The Kier molecular flexibility index (Phi) is 5.49. The lowest BCUT2D eigenvalue weighted by molar-refractivity contribution is 0.957. The van der Waals surface area contributed by atoms with Crippen molar-refractivity contribution in [3.63, 3.8) is 0 Å². The molecule has 3 rings (SSSR count). The number of hydrogen-bond acceptors (Lipinski definition) is 4. The molecule has 0 aliphatic rings. The normalized spacial score (nSPS) is 11.2. The summed E-state index contributed by atoms with van der Waals surface area (Å²) in [5.74, 6) is 0.803. The van der Waals surface area contributed by atoms with Crippen LogP contribution in [0.25, 0.3) is 12.2 Å². The molecule has 3 aromatic rings. The first-order valence-electron chi connectivity index (χ1n) is 7.13. The average Bonchev–Trinajstić information content (AvgIpc) is 2.97. The maximum atomic E-state index is 6.01. The van der Waals surface area contributed by atoms with Crippen molar-refractivity contribution < 1.29 is 0 Å². The Morgan fingerprint density at radius 2 is 2.13 bits per heavy atom. The van der Waals surface area contributed by atoms with Crippen LogP contribution < -0.4 is 0 Å². The molecule has 2 heterocycles. The van der Waals surface area contributed by atoms with Gasteiger partial charge in [-0.25, -0.2) is 9.97 Å². The maximum absolute atomic E-state index is 6.01. The Hall–Kier alpha value is -1.62. The molecule has 2 nitrogen and oxygen atoms in total. The highest BCUT2D eigenvalue weighted by Gasteiger charge is 2.01. The summed E-state index contributed by atoms with van der Waals surface area (Å²) in [6.45, 7) is 2.11. The van der Waals surface area contributed by atoms with Crippen LogP contribution in [0.15, 0.2) is 53.1 Å². The van der Waals surface area contributed by atoms with Crippen molar-refractivity contribution in [2.24, 2.45) is 0 Å². The number of thiophene rings is 1. The van der Waals surface area contributed by atoms with Crippen LogP contribution in [-0.4, -0.2) is 9.97 Å². The third-order valence-electron chi connectivity index (χ3n) is 3.22. The van der Waals surface area contributed by atoms with E-state index in [-0.39, 0.29) is 0 Å². The molecule has 1 aromatic carbocycles. The van der Waals surface area contributed by atoms with Gasteiger partial charge in [-0.05, 0) is 59.8 Å². The van der Waals surface area contributed by atoms with Crippen molar-refractivity contribution in [1.82, 2.24) is 9.97 Å². The highest BCUT2D eigenvalue weighted by molar-refractivity contribution is 7.98. The number of benzene rings is 1. The number of aromatic nitrogens is 2. The molecular formula is C18H15ClN2S2. The summed E-state index contributed by atoms with van der Waals surface area (Å²) in [5.41, 5.74) is 3.37. The molecule has 0 amide bonds. The Morgan fingerprint density at radius 1 is 1.22 bits per heavy atom. The van der Waals surface area contributed by atoms with Gasteiger partial charge >= 0.3 is 0 Å². The van der Waals surface area contributed by atoms with Gasteiger partial charge in [-0.15, -0.1) is 11.3 Å². The zero-order valence-electron chi connectivity index (χ0n) is 12.6. The van der Waals surface area contributed by atoms with E-state index < -0.39 is 0 Å². The first kappa shape index (κ1) is 16.2. The van der Waals surface area contributed by atoms with Gasteiger partial charge in [0.1, 0.15) is 0 Å². The summed E-state index contributed by atoms with van der Waals surface area (Å²) in [6.07, 6.45) is 5.94. The van der Waals surface area contributed by atoms with Crippen molar-refractivity contribution in [2.45, 2.75) is 17.8 Å². The topological polar surface area (TPSA) is 25.8 Å². The van der Waals surface area contributed by atoms with Gasteiger partial charge in [0, 0.05) is 21.8 Å². The van der Waals surface area contributed by atoms with Crippen molar-refractivity contribution in [1.29, 1.82) is 0 Å². The quantitative estimate of drug-likeness (QED) is 0.415. The number of halogens is 1. The fourth-order valence-electron chi connectivity index (χ4n) is 2.01. The van der Waals surface area contributed by atoms with Crippen LogP contribution in [0.4, 0.5) is 0 Å². The van der Waals surface area contributed by atoms with Crippen LogP contribution in [0.1, 0.15) is 21.7 Å². The molecule has 0 radical (unpaired) electrons. The smallest absolute Gasteiger partial charge is 0.188 e. The van der Waals surface area contributed by atoms with Gasteiger partial charge < -0.3 is 0 Å². The Bertz CT molecular complexity index is 827. The average molecular weight is 359 g/mol. The third-order valence-corrected chi connectivity index (χ3v) is 5.37. The highest BCUT2D eigenvalue weighted by atomic mass is 35.5. The van der Waals surface area contributed by atoms with Crippen LogP contribution in [0, 0.1) is 6.92 Å². The summed E-state index contributed by atoms with van der Waals surface area (Å²) < 4.78 is 0. The lowest BCUT2D eigenvalue weighted by Gasteiger charge is -2.02. The van der Waals surface area contributed by atoms with E-state index in [1.54, 1.807) is 29.3 Å². The molecule has 0 N–H and O–H groups in total. The van der Waals surface area contributed by atoms with Crippen molar-refractivity contribution >= 4 is 46.9 Å². The number of aryl methyl sites for hydroxylation is 1. The molecule has 0 aliphatic heterocycles. The van der Waals surface area contributed by atoms with E-state index in [4.69, 9.17) is 11.6 Å². The molecule has 0 atom stereocenters. The lowest BCUT2D eigenvalue weighted by Crippen LogP contribution is -1.89. The number of rotatable bonds is 5. The fourth-order valence-corrected chi connectivity index (χ4v) is 3.82. The fraction of sp³-hybridized carbons (Fsp3) is 0.111. The second-order valence-corrected chi connectivity index (χ2v) is 7.31. The first-order chi connectivity index (χ1) is 11.2. The van der Waals surface area contributed by atoms with Crippen LogP contribution >= 0.6 is 34.7 Å². The van der Waals surface area contributed by atoms with Gasteiger partial charge in [-0.1, -0.05) is 35.5 Å². The van der Waals surface area contributed by atoms with E-state index in [1.807, 2.05) is 30.3 Å². The molecule has 0 saturated heterocycles. The number of thioether (sulfide) groups is 1. The van der Waals surface area contributed by atoms with Gasteiger partial charge in [0.2, 0.25) is 0 Å². The molecule has 2 aromatic heterocycles. The largest absolute Gasteiger partial charge is 0.231 e. The minimum Gasteiger partial charge on any atom is -0.231 e. The van der Waals surface area contributed by atoms with Crippen LogP contribution in [-0.2, 0) is 5.75 Å². The molecule has 23 heavy (non-hydrogen) atoms. The molecule has 0 saturated carbocycles. The summed E-state index contributed by atoms with van der Waals surface area (Å²) in [5, 5.41) is 3.63. The molecule has 0 aliphatic carbocycles. The predicted octanol–water partition coefficient (Wildman–Crippen LogP) is 5.96. The first-order valence-corrected chi connectivity index (χ1v) is 9.37. The standard InChI is InChI=1S/C18H15ClN2S2/c1-13-8-10-22-17(13)6-5-16-7-9-20-18(21-16)23-12-14-3-2-4-15(19)11-14/h2-11H,12H2,1H3/b6-5+. The second kappa shape index (κ2) is 7.77. The van der Waals surface area contributed by atoms with E-state index >= 15 is 0 Å². The third kappa shape index (κ3) is 4.67. The Morgan fingerprint density at radius 3 is 2.91 bits per heavy atom. The van der Waals surface area contributed by atoms with E-state index in [0.29, 0.717) is 0 Å². The Balaban J connectivity index is 1.68. The van der Waals surface area contributed by atoms with Crippen LogP contribution in [0.3, 0.4) is 0 Å². The summed E-state index contributed by atoms with van der Waals surface area (Å²) in [4.78, 5) is 10.2. The van der Waals surface area contributed by atoms with Gasteiger partial charge in [-0.2, -0.15) is 0 Å². The minimum absolute atomic E-state index is 0.757. The second-order valence-electron chi connectivity index (χ2n) is 4.98. The molecule has 116 valence electrons. The lowest BCUT2D eigenvalue weighted by atomic mass is 10.2. The van der Waals surface area contributed by atoms with E-state index in [1.165, 1.54) is 16.0 Å². The van der Waals surface area contributed by atoms with Gasteiger partial charge in [0.05, 0.1) is 5.69 Å². The molecular weight excluding hydrogens is 344 g/mol. The number of hydrogen-bond donors (Lipinski definition) is 0. The summed E-state index contributed by atoms with van der Waals surface area (Å²) in [6, 6.07) is 11.9. The van der Waals surface area contributed by atoms with Crippen molar-refractivity contribution in [3.8, 4) is 0 Å². The van der Waals surface area contributed by atoms with Crippen LogP contribution in [0.5, 0.6) is 0 Å². The summed E-state index contributed by atoms with van der Waals surface area (Å²) in [7, 11) is 0. The number of nitrogens with zero attached hydrogens (tertiary/aromatic N) is 2. The van der Waals surface area contributed by atoms with Gasteiger partial charge in [-0.3, -0.25) is 0 Å². The summed E-state index contributed by atoms with van der Waals surface area (Å²) >= 11 is 9.35. The predicted molar refractivity (Wildman–Crippen MR) is 101 cm³/mol. The zero-order valence-corrected chi connectivity index (χ0v) is 15.0. The van der Waals surface area contributed by atoms with Crippen LogP contribution in [0.2, 0.25) is 5.02 Å². The maximum Gasteiger partial charge on any atom is 0.188 e. The Labute approximate surface area is 149 Å². The molecule has 0 unspecified atom stereocenters. The highest BCUT2D eigenvalue weighted by Crippen LogP contribution is 2.22. The van der Waals surface area contributed by atoms with E-state index in [0.717, 1.165) is 21.6 Å². The molecule has 0 spiro atoms. The minimum atomic E-state index is 0.757. The SMILES string of the molecule is Cc1ccsc1/C=C/c1ccnc(SCc2cccc(Cl)c2)n1.